The molecule has 0 fully saturated rings. The Morgan fingerprint density at radius 3 is 3.06 bits per heavy atom. The second-order valence-electron chi connectivity index (χ2n) is 4.52. The summed E-state index contributed by atoms with van der Waals surface area (Å²) in [5.74, 6) is 0.909. The van der Waals surface area contributed by atoms with Crippen LogP contribution in [0.4, 0.5) is 0 Å². The molecule has 2 heterocycles. The summed E-state index contributed by atoms with van der Waals surface area (Å²) in [6, 6.07) is 12.5. The predicted molar refractivity (Wildman–Crippen MR) is 72.5 cm³/mol. The highest BCUT2D eigenvalue weighted by Gasteiger charge is 2.15. The third-order valence-corrected chi connectivity index (χ3v) is 3.07. The van der Waals surface area contributed by atoms with Crippen LogP contribution in [-0.4, -0.2) is 10.8 Å². The van der Waals surface area contributed by atoms with Crippen molar-refractivity contribution in [3.63, 3.8) is 0 Å². The van der Waals surface area contributed by atoms with Crippen molar-refractivity contribution in [1.82, 2.24) is 10.3 Å². The van der Waals surface area contributed by atoms with Gasteiger partial charge < -0.3 is 5.32 Å². The number of nitrogens with zero attached hydrogens (tertiary/aromatic N) is 2. The normalized spacial score (nSPS) is 13.1. The first-order chi connectivity index (χ1) is 8.83. The van der Waals surface area contributed by atoms with Crippen molar-refractivity contribution in [2.45, 2.75) is 20.0 Å². The first-order valence-electron chi connectivity index (χ1n) is 6.11. The van der Waals surface area contributed by atoms with Crippen LogP contribution in [0, 0.1) is 6.92 Å². The van der Waals surface area contributed by atoms with Crippen LogP contribution < -0.4 is 5.32 Å². The van der Waals surface area contributed by atoms with Crippen LogP contribution in [-0.2, 0) is 13.1 Å². The molecule has 3 nitrogen and oxygen atoms in total. The second kappa shape index (κ2) is 4.61. The van der Waals surface area contributed by atoms with Crippen LogP contribution in [0.1, 0.15) is 22.4 Å². The Bertz CT molecular complexity index is 602. The van der Waals surface area contributed by atoms with Crippen LogP contribution >= 0.6 is 0 Å². The van der Waals surface area contributed by atoms with E-state index in [2.05, 4.69) is 52.5 Å². The van der Waals surface area contributed by atoms with E-state index in [-0.39, 0.29) is 0 Å². The number of hydrogen-bond donors (Lipinski definition) is 1. The Balaban J connectivity index is 1.72. The van der Waals surface area contributed by atoms with Gasteiger partial charge in [-0.25, -0.2) is 0 Å². The zero-order chi connectivity index (χ0) is 12.4. The van der Waals surface area contributed by atoms with Gasteiger partial charge >= 0.3 is 0 Å². The minimum Gasteiger partial charge on any atom is -0.364 e. The molecule has 0 radical (unpaired) electrons. The molecular weight excluding hydrogens is 222 g/mol. The molecule has 3 rings (SSSR count). The summed E-state index contributed by atoms with van der Waals surface area (Å²) in [7, 11) is 0. The monoisotopic (exact) mass is 237 g/mol. The topological polar surface area (TPSA) is 37.3 Å². The van der Waals surface area contributed by atoms with Gasteiger partial charge in [0.15, 0.2) is 0 Å². The molecule has 1 aromatic carbocycles. The second-order valence-corrected chi connectivity index (χ2v) is 4.52. The largest absolute Gasteiger partial charge is 0.364 e. The maximum Gasteiger partial charge on any atom is 0.148 e. The summed E-state index contributed by atoms with van der Waals surface area (Å²) >= 11 is 0. The zero-order valence-corrected chi connectivity index (χ0v) is 10.4. The predicted octanol–water partition coefficient (Wildman–Crippen LogP) is 2.44. The van der Waals surface area contributed by atoms with Gasteiger partial charge in [0.1, 0.15) is 11.5 Å². The van der Waals surface area contributed by atoms with E-state index in [0.29, 0.717) is 0 Å². The van der Waals surface area contributed by atoms with Gasteiger partial charge in [0.25, 0.3) is 0 Å². The first kappa shape index (κ1) is 11.0. The van der Waals surface area contributed by atoms with Crippen molar-refractivity contribution < 1.29 is 0 Å². The maximum absolute atomic E-state index is 4.48. The van der Waals surface area contributed by atoms with Crippen LogP contribution in [0.15, 0.2) is 47.6 Å². The summed E-state index contributed by atoms with van der Waals surface area (Å²) < 4.78 is 0. The van der Waals surface area contributed by atoms with Gasteiger partial charge in [-0.05, 0) is 18.6 Å². The number of pyridine rings is 1. The fourth-order valence-corrected chi connectivity index (χ4v) is 2.17. The number of aryl methyl sites for hydroxylation is 1. The van der Waals surface area contributed by atoms with E-state index in [9.17, 15) is 0 Å². The van der Waals surface area contributed by atoms with Crippen LogP contribution in [0.25, 0.3) is 0 Å². The highest BCUT2D eigenvalue weighted by atomic mass is 15.0. The molecule has 18 heavy (non-hydrogen) atoms. The van der Waals surface area contributed by atoms with Crippen LogP contribution in [0.5, 0.6) is 0 Å². The maximum atomic E-state index is 4.48. The van der Waals surface area contributed by atoms with Crippen LogP contribution in [0.3, 0.4) is 0 Å². The fraction of sp³-hybridized carbons (Fsp3) is 0.200. The molecule has 0 spiro atoms. The minimum absolute atomic E-state index is 0.735. The molecular formula is C15H15N3. The number of fused-ring (bicyclic) bond motifs is 1. The summed E-state index contributed by atoms with van der Waals surface area (Å²) in [4.78, 5) is 8.86. The molecule has 1 aromatic heterocycles. The lowest BCUT2D eigenvalue weighted by atomic mass is 10.1. The summed E-state index contributed by atoms with van der Waals surface area (Å²) in [5, 5.41) is 3.37. The number of aliphatic imine (C=N–C) groups is 1. The average Bonchev–Trinajstić information content (AvgIpc) is 2.80. The SMILES string of the molecule is Cc1cccc(CNC2=NCc3cccnc32)c1. The van der Waals surface area contributed by atoms with Crippen molar-refractivity contribution >= 4 is 5.84 Å². The highest BCUT2D eigenvalue weighted by molar-refractivity contribution is 6.00. The number of nitrogens with one attached hydrogen (secondary N) is 1. The smallest absolute Gasteiger partial charge is 0.148 e. The Labute approximate surface area is 107 Å². The molecule has 0 amide bonds. The lowest BCUT2D eigenvalue weighted by Crippen LogP contribution is -2.23. The first-order valence-corrected chi connectivity index (χ1v) is 6.11. The lowest BCUT2D eigenvalue weighted by molar-refractivity contribution is 0.907. The molecule has 3 heteroatoms. The minimum atomic E-state index is 0.735. The Morgan fingerprint density at radius 2 is 2.17 bits per heavy atom. The molecule has 0 unspecified atom stereocenters. The summed E-state index contributed by atoms with van der Waals surface area (Å²) in [6.07, 6.45) is 1.81. The molecule has 90 valence electrons. The molecule has 1 N–H and O–H groups in total. The quantitative estimate of drug-likeness (QED) is 0.871. The van der Waals surface area contributed by atoms with Crippen molar-refractivity contribution in [2.75, 3.05) is 0 Å². The molecule has 2 aromatic rings. The Morgan fingerprint density at radius 1 is 1.22 bits per heavy atom. The van der Waals surface area contributed by atoms with Gasteiger partial charge in [-0.2, -0.15) is 0 Å². The standard InChI is InChI=1S/C15H15N3/c1-11-4-2-5-12(8-11)9-17-15-14-13(10-18-15)6-3-7-16-14/h2-8H,9-10H2,1H3,(H,17,18). The van der Waals surface area contributed by atoms with Gasteiger partial charge in [-0.15, -0.1) is 0 Å². The van der Waals surface area contributed by atoms with Gasteiger partial charge in [0.2, 0.25) is 0 Å². The molecule has 0 saturated carbocycles. The van der Waals surface area contributed by atoms with Gasteiger partial charge in [-0.3, -0.25) is 9.98 Å². The zero-order valence-electron chi connectivity index (χ0n) is 10.4. The molecule has 1 aliphatic heterocycles. The third kappa shape index (κ3) is 2.12. The van der Waals surface area contributed by atoms with E-state index < -0.39 is 0 Å². The lowest BCUT2D eigenvalue weighted by Gasteiger charge is -2.07. The van der Waals surface area contributed by atoms with E-state index in [0.717, 1.165) is 24.6 Å². The highest BCUT2D eigenvalue weighted by Crippen LogP contribution is 2.14. The van der Waals surface area contributed by atoms with Gasteiger partial charge in [0, 0.05) is 18.3 Å². The Hall–Kier alpha value is -2.16. The van der Waals surface area contributed by atoms with E-state index in [1.54, 1.807) is 0 Å². The van der Waals surface area contributed by atoms with E-state index in [1.165, 1.54) is 16.7 Å². The Kier molecular flexibility index (Phi) is 2.81. The van der Waals surface area contributed by atoms with E-state index in [1.807, 2.05) is 12.3 Å². The molecule has 0 saturated heterocycles. The molecule has 0 bridgehead atoms. The molecule has 0 aliphatic carbocycles. The van der Waals surface area contributed by atoms with E-state index in [4.69, 9.17) is 0 Å². The number of hydrogen-bond acceptors (Lipinski definition) is 3. The number of benzene rings is 1. The number of aromatic nitrogens is 1. The third-order valence-electron chi connectivity index (χ3n) is 3.07. The fourth-order valence-electron chi connectivity index (χ4n) is 2.17. The van der Waals surface area contributed by atoms with Crippen molar-refractivity contribution in [2.24, 2.45) is 4.99 Å². The van der Waals surface area contributed by atoms with E-state index >= 15 is 0 Å². The van der Waals surface area contributed by atoms with Crippen molar-refractivity contribution in [3.8, 4) is 0 Å². The van der Waals surface area contributed by atoms with Crippen molar-refractivity contribution in [3.05, 3.63) is 65.0 Å². The summed E-state index contributed by atoms with van der Waals surface area (Å²) in [6.45, 7) is 3.63. The summed E-state index contributed by atoms with van der Waals surface area (Å²) in [5.41, 5.74) is 4.73. The average molecular weight is 237 g/mol. The number of amidine groups is 1. The molecule has 0 atom stereocenters. The van der Waals surface area contributed by atoms with Gasteiger partial charge in [0.05, 0.1) is 6.54 Å². The number of rotatable bonds is 2. The van der Waals surface area contributed by atoms with Crippen LogP contribution in [0.2, 0.25) is 0 Å². The molecule has 1 aliphatic rings. The van der Waals surface area contributed by atoms with Crippen molar-refractivity contribution in [1.29, 1.82) is 0 Å². The van der Waals surface area contributed by atoms with Gasteiger partial charge in [-0.1, -0.05) is 35.9 Å².